The van der Waals surface area contributed by atoms with Crippen LogP contribution in [-0.2, 0) is 4.79 Å². The van der Waals surface area contributed by atoms with Gasteiger partial charge in [-0.15, -0.1) is 0 Å². The van der Waals surface area contributed by atoms with Crippen LogP contribution in [0.3, 0.4) is 0 Å². The molecule has 1 aliphatic rings. The topological polar surface area (TPSA) is 104 Å². The summed E-state index contributed by atoms with van der Waals surface area (Å²) in [6, 6.07) is 20.1. The molecule has 0 saturated heterocycles. The molecule has 0 aromatic heterocycles. The summed E-state index contributed by atoms with van der Waals surface area (Å²) in [5.74, 6) is 4.14. The molecule has 7 heteroatoms. The van der Waals surface area contributed by atoms with Gasteiger partial charge in [-0.05, 0) is 49.4 Å². The number of aromatic carboxylic acids is 1. The molecule has 2 amide bonds. The highest BCUT2D eigenvalue weighted by Gasteiger charge is 2.34. The minimum Gasteiger partial charge on any atom is -0.478 e. The number of benzene rings is 3. The molecule has 3 aromatic rings. The number of hydrazine groups is 1. The molecule has 1 heterocycles. The Bertz CT molecular complexity index is 1210. The maximum absolute atomic E-state index is 13.3. The van der Waals surface area contributed by atoms with Gasteiger partial charge < -0.3 is 5.11 Å². The Balaban J connectivity index is 1.70. The van der Waals surface area contributed by atoms with Crippen molar-refractivity contribution >= 4 is 34.7 Å². The highest BCUT2D eigenvalue weighted by Crippen LogP contribution is 2.41. The first kappa shape index (κ1) is 20.1. The summed E-state index contributed by atoms with van der Waals surface area (Å²) in [4.78, 5) is 38.6. The Hall–Kier alpha value is -4.23. The lowest BCUT2D eigenvalue weighted by atomic mass is 10.1. The van der Waals surface area contributed by atoms with Crippen molar-refractivity contribution in [2.24, 2.45) is 5.84 Å². The van der Waals surface area contributed by atoms with Gasteiger partial charge in [0.25, 0.3) is 11.8 Å². The lowest BCUT2D eigenvalue weighted by Crippen LogP contribution is -2.33. The monoisotopic (exact) mass is 413 g/mol. The van der Waals surface area contributed by atoms with Crippen molar-refractivity contribution in [3.05, 3.63) is 101 Å². The van der Waals surface area contributed by atoms with Crippen molar-refractivity contribution in [1.82, 2.24) is 5.01 Å². The van der Waals surface area contributed by atoms with Crippen LogP contribution in [0.5, 0.6) is 0 Å². The Kier molecular flexibility index (Phi) is 5.10. The molecule has 0 atom stereocenters. The Labute approximate surface area is 178 Å². The Morgan fingerprint density at radius 1 is 0.935 bits per heavy atom. The number of nitrogens with two attached hydrogens (primary N) is 1. The molecule has 0 aliphatic carbocycles. The number of carbonyl (C=O) groups excluding carboxylic acids is 2. The second-order valence-corrected chi connectivity index (χ2v) is 7.13. The first-order valence-corrected chi connectivity index (χ1v) is 9.51. The summed E-state index contributed by atoms with van der Waals surface area (Å²) >= 11 is 0. The number of amides is 2. The molecule has 3 aromatic carbocycles. The fraction of sp³-hybridized carbons (Fsp3) is 0.0417. The van der Waals surface area contributed by atoms with E-state index < -0.39 is 11.9 Å². The molecule has 0 fully saturated rings. The minimum atomic E-state index is -1.05. The van der Waals surface area contributed by atoms with Crippen molar-refractivity contribution in [1.29, 1.82) is 0 Å². The van der Waals surface area contributed by atoms with E-state index >= 15 is 0 Å². The first-order chi connectivity index (χ1) is 14.9. The highest BCUT2D eigenvalue weighted by atomic mass is 16.4. The van der Waals surface area contributed by atoms with Gasteiger partial charge in [0.1, 0.15) is 0 Å². The molecule has 0 unspecified atom stereocenters. The number of fused-ring (bicyclic) bond motifs is 1. The standard InChI is InChI=1S/C24H19N3O4/c1-15-6-8-16(9-7-15)22(28)26(25)14-20-19-4-2-3-5-21(19)27(23(20)29)18-12-10-17(11-13-18)24(30)31/h2-14H,25H2,1H3,(H,30,31)/b20-14-. The van der Waals surface area contributed by atoms with Crippen LogP contribution in [0.1, 0.15) is 31.8 Å². The number of carboxylic acids is 1. The van der Waals surface area contributed by atoms with Gasteiger partial charge in [0.15, 0.2) is 0 Å². The fourth-order valence-corrected chi connectivity index (χ4v) is 3.42. The van der Waals surface area contributed by atoms with E-state index in [2.05, 4.69) is 0 Å². The van der Waals surface area contributed by atoms with Crippen LogP contribution in [0, 0.1) is 6.92 Å². The van der Waals surface area contributed by atoms with Crippen molar-refractivity contribution in [2.75, 3.05) is 4.90 Å². The Morgan fingerprint density at radius 2 is 1.55 bits per heavy atom. The van der Waals surface area contributed by atoms with Gasteiger partial charge in [-0.1, -0.05) is 35.9 Å². The zero-order valence-electron chi connectivity index (χ0n) is 16.6. The van der Waals surface area contributed by atoms with Crippen LogP contribution in [0.4, 0.5) is 11.4 Å². The van der Waals surface area contributed by atoms with Gasteiger partial charge in [-0.3, -0.25) is 19.5 Å². The van der Waals surface area contributed by atoms with Gasteiger partial charge in [-0.2, -0.15) is 0 Å². The predicted molar refractivity (Wildman–Crippen MR) is 117 cm³/mol. The second kappa shape index (κ2) is 7.89. The molecular formula is C24H19N3O4. The number of rotatable bonds is 4. The van der Waals surface area contributed by atoms with Crippen LogP contribution in [-0.4, -0.2) is 27.9 Å². The number of nitrogens with zero attached hydrogens (tertiary/aromatic N) is 2. The van der Waals surface area contributed by atoms with Gasteiger partial charge in [0, 0.05) is 23.0 Å². The average molecular weight is 413 g/mol. The Morgan fingerprint density at radius 3 is 2.19 bits per heavy atom. The minimum absolute atomic E-state index is 0.122. The fourth-order valence-electron chi connectivity index (χ4n) is 3.42. The summed E-state index contributed by atoms with van der Waals surface area (Å²) in [5.41, 5.74) is 3.57. The van der Waals surface area contributed by atoms with Crippen LogP contribution in [0.2, 0.25) is 0 Å². The molecular weight excluding hydrogens is 394 g/mol. The van der Waals surface area contributed by atoms with Crippen molar-refractivity contribution in [2.45, 2.75) is 6.92 Å². The molecule has 154 valence electrons. The van der Waals surface area contributed by atoms with E-state index in [4.69, 9.17) is 10.9 Å². The quantitative estimate of drug-likeness (QED) is 0.294. The van der Waals surface area contributed by atoms with Gasteiger partial charge in [0.05, 0.1) is 16.8 Å². The number of carbonyl (C=O) groups is 3. The number of aryl methyl sites for hydroxylation is 1. The summed E-state index contributed by atoms with van der Waals surface area (Å²) in [5, 5.41) is 10.0. The lowest BCUT2D eigenvalue weighted by Gasteiger charge is -2.17. The van der Waals surface area contributed by atoms with E-state index in [-0.39, 0.29) is 17.0 Å². The molecule has 0 saturated carbocycles. The van der Waals surface area contributed by atoms with Gasteiger partial charge in [-0.25, -0.2) is 10.6 Å². The number of carboxylic acid groups (broad SMARTS) is 1. The molecule has 4 rings (SSSR count). The van der Waals surface area contributed by atoms with Gasteiger partial charge >= 0.3 is 5.97 Å². The van der Waals surface area contributed by atoms with Gasteiger partial charge in [0.2, 0.25) is 0 Å². The van der Waals surface area contributed by atoms with Crippen LogP contribution in [0.15, 0.2) is 79.0 Å². The first-order valence-electron chi connectivity index (χ1n) is 9.51. The summed E-state index contributed by atoms with van der Waals surface area (Å²) in [6.45, 7) is 1.92. The predicted octanol–water partition coefficient (Wildman–Crippen LogP) is 3.73. The highest BCUT2D eigenvalue weighted by molar-refractivity contribution is 6.35. The van der Waals surface area contributed by atoms with E-state index in [1.807, 2.05) is 19.1 Å². The molecule has 31 heavy (non-hydrogen) atoms. The normalized spacial score (nSPS) is 13.9. The molecule has 0 radical (unpaired) electrons. The number of hydrogen-bond donors (Lipinski definition) is 2. The van der Waals surface area contributed by atoms with E-state index in [9.17, 15) is 14.4 Å². The SMILES string of the molecule is Cc1ccc(C(=O)N(N)/C=C2\C(=O)N(c3ccc(C(=O)O)cc3)c3ccccc32)cc1. The molecule has 7 nitrogen and oxygen atoms in total. The maximum Gasteiger partial charge on any atom is 0.335 e. The molecule has 3 N–H and O–H groups in total. The third-order valence-electron chi connectivity index (χ3n) is 5.04. The maximum atomic E-state index is 13.3. The van der Waals surface area contributed by atoms with Crippen molar-refractivity contribution in [3.63, 3.8) is 0 Å². The zero-order valence-corrected chi connectivity index (χ0v) is 16.6. The van der Waals surface area contributed by atoms with Crippen molar-refractivity contribution < 1.29 is 19.5 Å². The van der Waals surface area contributed by atoms with Crippen LogP contribution in [0.25, 0.3) is 5.57 Å². The van der Waals surface area contributed by atoms with Crippen LogP contribution < -0.4 is 10.7 Å². The van der Waals surface area contributed by atoms with E-state index in [1.54, 1.807) is 48.5 Å². The second-order valence-electron chi connectivity index (χ2n) is 7.13. The third kappa shape index (κ3) is 3.70. The number of para-hydroxylation sites is 1. The summed E-state index contributed by atoms with van der Waals surface area (Å²) < 4.78 is 0. The summed E-state index contributed by atoms with van der Waals surface area (Å²) in [6.07, 6.45) is 1.33. The number of anilines is 2. The van der Waals surface area contributed by atoms with E-state index in [0.29, 0.717) is 22.5 Å². The van der Waals surface area contributed by atoms with E-state index in [1.165, 1.54) is 23.2 Å². The molecule has 1 aliphatic heterocycles. The largest absolute Gasteiger partial charge is 0.478 e. The molecule has 0 spiro atoms. The third-order valence-corrected chi connectivity index (χ3v) is 5.04. The van der Waals surface area contributed by atoms with E-state index in [0.717, 1.165) is 10.6 Å². The zero-order chi connectivity index (χ0) is 22.1. The van der Waals surface area contributed by atoms with Crippen LogP contribution >= 0.6 is 0 Å². The van der Waals surface area contributed by atoms with Crippen molar-refractivity contribution in [3.8, 4) is 0 Å². The molecule has 0 bridgehead atoms. The lowest BCUT2D eigenvalue weighted by molar-refractivity contribution is -0.112. The number of hydrogen-bond acceptors (Lipinski definition) is 4. The average Bonchev–Trinajstić information content (AvgIpc) is 3.05. The summed E-state index contributed by atoms with van der Waals surface area (Å²) in [7, 11) is 0. The smallest absolute Gasteiger partial charge is 0.335 e.